The maximum absolute atomic E-state index is 13.2. The van der Waals surface area contributed by atoms with Gasteiger partial charge in [-0.15, -0.1) is 24.0 Å². The molecule has 30 heavy (non-hydrogen) atoms. The molecule has 164 valence electrons. The zero-order valence-corrected chi connectivity index (χ0v) is 19.9. The fraction of sp³-hybridized carbons (Fsp3) is 0.476. The highest BCUT2D eigenvalue weighted by molar-refractivity contribution is 14.0. The SMILES string of the molecule is CCCCCNC(=NCCCc1nn(-c2ccc(F)cc2)c(N)c1C#N)NCC.I. The number of nitrogens with two attached hydrogens (primary N) is 1. The molecule has 0 aliphatic carbocycles. The van der Waals surface area contributed by atoms with Gasteiger partial charge in [-0.1, -0.05) is 19.8 Å². The maximum atomic E-state index is 13.2. The van der Waals surface area contributed by atoms with Crippen molar-refractivity contribution in [2.75, 3.05) is 25.4 Å². The van der Waals surface area contributed by atoms with Crippen molar-refractivity contribution in [3.63, 3.8) is 0 Å². The van der Waals surface area contributed by atoms with E-state index in [4.69, 9.17) is 5.73 Å². The molecule has 0 aliphatic heterocycles. The van der Waals surface area contributed by atoms with E-state index in [2.05, 4.69) is 33.7 Å². The number of nitriles is 1. The van der Waals surface area contributed by atoms with Gasteiger partial charge in [0.2, 0.25) is 0 Å². The van der Waals surface area contributed by atoms with Crippen LogP contribution in [0.3, 0.4) is 0 Å². The molecule has 0 spiro atoms. The number of hydrogen-bond acceptors (Lipinski definition) is 4. The van der Waals surface area contributed by atoms with E-state index in [1.54, 1.807) is 12.1 Å². The number of guanidine groups is 1. The second kappa shape index (κ2) is 13.8. The predicted molar refractivity (Wildman–Crippen MR) is 130 cm³/mol. The number of anilines is 1. The number of aryl methyl sites for hydroxylation is 1. The lowest BCUT2D eigenvalue weighted by Crippen LogP contribution is -2.37. The third-order valence-electron chi connectivity index (χ3n) is 4.44. The van der Waals surface area contributed by atoms with Crippen molar-refractivity contribution in [1.29, 1.82) is 5.26 Å². The molecule has 2 aromatic rings. The topological polar surface area (TPSA) is 104 Å². The van der Waals surface area contributed by atoms with Crippen molar-refractivity contribution in [2.24, 2.45) is 4.99 Å². The fourth-order valence-corrected chi connectivity index (χ4v) is 2.92. The number of halogens is 2. The molecule has 4 N–H and O–H groups in total. The van der Waals surface area contributed by atoms with Gasteiger partial charge in [0.25, 0.3) is 0 Å². The second-order valence-electron chi connectivity index (χ2n) is 6.71. The number of nitrogens with one attached hydrogen (secondary N) is 2. The number of rotatable bonds is 10. The molecule has 0 atom stereocenters. The number of nitrogen functional groups attached to an aromatic ring is 1. The number of aliphatic imine (C=N–C) groups is 1. The van der Waals surface area contributed by atoms with Crippen molar-refractivity contribution in [3.05, 3.63) is 41.3 Å². The van der Waals surface area contributed by atoms with Gasteiger partial charge in [0.15, 0.2) is 5.96 Å². The molecular weight excluding hydrogens is 496 g/mol. The van der Waals surface area contributed by atoms with Gasteiger partial charge in [-0.25, -0.2) is 9.07 Å². The zero-order chi connectivity index (χ0) is 21.1. The summed E-state index contributed by atoms with van der Waals surface area (Å²) in [6.45, 7) is 6.53. The van der Waals surface area contributed by atoms with Gasteiger partial charge in [0.05, 0.1) is 11.4 Å². The smallest absolute Gasteiger partial charge is 0.191 e. The molecule has 2 rings (SSSR count). The molecule has 1 heterocycles. The van der Waals surface area contributed by atoms with E-state index in [9.17, 15) is 9.65 Å². The van der Waals surface area contributed by atoms with Gasteiger partial charge in [-0.2, -0.15) is 10.4 Å². The van der Waals surface area contributed by atoms with E-state index in [0.29, 0.717) is 29.9 Å². The van der Waals surface area contributed by atoms with Crippen molar-refractivity contribution < 1.29 is 4.39 Å². The van der Waals surface area contributed by atoms with Gasteiger partial charge in [0.1, 0.15) is 23.3 Å². The highest BCUT2D eigenvalue weighted by atomic mass is 127. The Morgan fingerprint density at radius 1 is 1.20 bits per heavy atom. The average molecular weight is 527 g/mol. The van der Waals surface area contributed by atoms with Gasteiger partial charge in [0, 0.05) is 19.6 Å². The van der Waals surface area contributed by atoms with E-state index < -0.39 is 0 Å². The van der Waals surface area contributed by atoms with E-state index in [-0.39, 0.29) is 35.6 Å². The minimum atomic E-state index is -0.335. The van der Waals surface area contributed by atoms with Crippen LogP contribution < -0.4 is 16.4 Å². The first-order valence-electron chi connectivity index (χ1n) is 10.2. The predicted octanol–water partition coefficient (Wildman–Crippen LogP) is 3.76. The van der Waals surface area contributed by atoms with Crippen LogP contribution in [0, 0.1) is 17.1 Å². The largest absolute Gasteiger partial charge is 0.382 e. The third kappa shape index (κ3) is 7.48. The van der Waals surface area contributed by atoms with Crippen molar-refractivity contribution in [2.45, 2.75) is 46.0 Å². The molecule has 0 fully saturated rings. The average Bonchev–Trinajstić information content (AvgIpc) is 3.04. The molecule has 0 amide bonds. The van der Waals surface area contributed by atoms with E-state index >= 15 is 0 Å². The number of hydrogen-bond donors (Lipinski definition) is 3. The Kier molecular flexibility index (Phi) is 11.8. The van der Waals surface area contributed by atoms with Crippen LogP contribution in [0.4, 0.5) is 10.2 Å². The molecule has 0 unspecified atom stereocenters. The van der Waals surface area contributed by atoms with Crippen molar-refractivity contribution in [3.8, 4) is 11.8 Å². The Morgan fingerprint density at radius 2 is 1.93 bits per heavy atom. The minimum absolute atomic E-state index is 0. The van der Waals surface area contributed by atoms with Gasteiger partial charge < -0.3 is 16.4 Å². The quantitative estimate of drug-likeness (QED) is 0.189. The van der Waals surface area contributed by atoms with Crippen LogP contribution in [0.15, 0.2) is 29.3 Å². The van der Waals surface area contributed by atoms with Gasteiger partial charge in [-0.05, 0) is 50.5 Å². The van der Waals surface area contributed by atoms with E-state index in [0.717, 1.165) is 31.9 Å². The lowest BCUT2D eigenvalue weighted by atomic mass is 10.1. The third-order valence-corrected chi connectivity index (χ3v) is 4.44. The summed E-state index contributed by atoms with van der Waals surface area (Å²) in [6, 6.07) is 7.98. The normalized spacial score (nSPS) is 10.9. The Hall–Kier alpha value is -2.35. The van der Waals surface area contributed by atoms with E-state index in [1.807, 2.05) is 6.92 Å². The Labute approximate surface area is 195 Å². The van der Waals surface area contributed by atoms with Crippen LogP contribution in [-0.2, 0) is 6.42 Å². The molecule has 7 nitrogen and oxygen atoms in total. The minimum Gasteiger partial charge on any atom is -0.382 e. The molecule has 0 bridgehead atoms. The Bertz CT molecular complexity index is 840. The molecule has 0 aliphatic rings. The number of benzene rings is 1. The standard InChI is InChI=1S/C21H30FN7.HI/c1-3-5-6-13-26-21(25-4-2)27-14-7-8-19-18(15-23)20(24)29(28-19)17-11-9-16(22)10-12-17;/h9-12H,3-8,13-14,24H2,1-2H3,(H2,25,26,27);1H. The summed E-state index contributed by atoms with van der Waals surface area (Å²) in [5.41, 5.74) is 7.71. The van der Waals surface area contributed by atoms with Crippen LogP contribution in [0.2, 0.25) is 0 Å². The summed E-state index contributed by atoms with van der Waals surface area (Å²) >= 11 is 0. The number of unbranched alkanes of at least 4 members (excludes halogenated alkanes) is 2. The maximum Gasteiger partial charge on any atom is 0.191 e. The number of nitrogens with zero attached hydrogens (tertiary/aromatic N) is 4. The second-order valence-corrected chi connectivity index (χ2v) is 6.71. The Balaban J connectivity index is 0.00000450. The summed E-state index contributed by atoms with van der Waals surface area (Å²) in [6.07, 6.45) is 4.82. The first-order chi connectivity index (χ1) is 14.1. The van der Waals surface area contributed by atoms with Crippen molar-refractivity contribution in [1.82, 2.24) is 20.4 Å². The highest BCUT2D eigenvalue weighted by Gasteiger charge is 2.16. The number of aromatic nitrogens is 2. The molecule has 1 aromatic heterocycles. The lowest BCUT2D eigenvalue weighted by molar-refractivity contribution is 0.627. The molecule has 0 radical (unpaired) electrons. The molecule has 0 saturated heterocycles. The highest BCUT2D eigenvalue weighted by Crippen LogP contribution is 2.21. The molecular formula is C21H31FIN7. The first kappa shape index (κ1) is 25.7. The molecule has 9 heteroatoms. The fourth-order valence-electron chi connectivity index (χ4n) is 2.92. The summed E-state index contributed by atoms with van der Waals surface area (Å²) < 4.78 is 14.6. The van der Waals surface area contributed by atoms with Crippen LogP contribution in [-0.4, -0.2) is 35.4 Å². The monoisotopic (exact) mass is 527 g/mol. The molecule has 1 aromatic carbocycles. The van der Waals surface area contributed by atoms with Crippen LogP contribution in [0.1, 0.15) is 50.8 Å². The van der Waals surface area contributed by atoms with E-state index in [1.165, 1.54) is 29.7 Å². The van der Waals surface area contributed by atoms with Gasteiger partial charge >= 0.3 is 0 Å². The Morgan fingerprint density at radius 3 is 2.57 bits per heavy atom. The summed E-state index contributed by atoms with van der Waals surface area (Å²) in [5, 5.41) is 20.5. The van der Waals surface area contributed by atoms with Crippen LogP contribution in [0.25, 0.3) is 5.69 Å². The van der Waals surface area contributed by atoms with Crippen LogP contribution >= 0.6 is 24.0 Å². The summed E-state index contributed by atoms with van der Waals surface area (Å²) in [5.74, 6) is 0.738. The van der Waals surface area contributed by atoms with Gasteiger partial charge in [-0.3, -0.25) is 4.99 Å². The first-order valence-corrected chi connectivity index (χ1v) is 10.2. The summed E-state index contributed by atoms with van der Waals surface area (Å²) in [4.78, 5) is 4.58. The zero-order valence-electron chi connectivity index (χ0n) is 17.6. The van der Waals surface area contributed by atoms with Crippen LogP contribution in [0.5, 0.6) is 0 Å². The molecule has 0 saturated carbocycles. The van der Waals surface area contributed by atoms with Crippen molar-refractivity contribution >= 4 is 35.8 Å². The summed E-state index contributed by atoms with van der Waals surface area (Å²) in [7, 11) is 0. The lowest BCUT2D eigenvalue weighted by Gasteiger charge is -2.10.